The second kappa shape index (κ2) is 11.1. The first-order valence-electron chi connectivity index (χ1n) is 12.0. The van der Waals surface area contributed by atoms with Crippen LogP contribution >= 0.6 is 0 Å². The van der Waals surface area contributed by atoms with E-state index in [1.54, 1.807) is 6.08 Å². The standard InChI is InChI=1S/C21H30O5.C4H6O4.Na.H/c1-19-7-5-13(23)9-12(19)3-4-14-15-6-8-21(26,17(25)11-22)20(15,2)10-16(24)18(14)19;5-3(6)1-2-4(7)8;;/h9,14-16,18,22,24,26H,3-8,10-11H2,1-2H3;1-2H2,(H,5,6)(H,7,8);;/q;;+1;-1/t14-,15-,16-,18+,19-,20-,21-;;;/m0.../s1. The van der Waals surface area contributed by atoms with E-state index in [4.69, 9.17) is 10.2 Å². The maximum absolute atomic E-state index is 12.4. The van der Waals surface area contributed by atoms with Crippen molar-refractivity contribution in [3.63, 3.8) is 0 Å². The van der Waals surface area contributed by atoms with Crippen molar-refractivity contribution in [1.82, 2.24) is 0 Å². The second-order valence-electron chi connectivity index (χ2n) is 10.8. The SMILES string of the molecule is C[C@]12CCC(=O)C=C1CC[C@@H]1[C@@H]2[C@@H](O)C[C@@]2(C)[C@H]1CC[C@]2(O)C(=O)CO.O=C(O)CCC(=O)O.[H-].[Na+]. The van der Waals surface area contributed by atoms with Crippen molar-refractivity contribution >= 4 is 23.5 Å². The molecule has 0 aliphatic heterocycles. The van der Waals surface area contributed by atoms with Crippen LogP contribution in [-0.2, 0) is 19.2 Å². The average Bonchev–Trinajstić information content (AvgIpc) is 3.03. The number of Topliss-reactive ketones (excluding diaryl/α,β-unsaturated/α-hetero) is 1. The molecule has 0 unspecified atom stereocenters. The summed E-state index contributed by atoms with van der Waals surface area (Å²) in [6, 6.07) is 0. The van der Waals surface area contributed by atoms with Gasteiger partial charge in [-0.2, -0.15) is 0 Å². The van der Waals surface area contributed by atoms with Crippen LogP contribution in [0.4, 0.5) is 0 Å². The molecule has 0 heterocycles. The molecule has 0 amide bonds. The number of carbonyl (C=O) groups excluding carboxylic acids is 2. The Labute approximate surface area is 228 Å². The molecule has 4 aliphatic carbocycles. The van der Waals surface area contributed by atoms with Crippen molar-refractivity contribution in [3.05, 3.63) is 11.6 Å². The third kappa shape index (κ3) is 5.31. The van der Waals surface area contributed by atoms with Crippen LogP contribution in [-0.4, -0.2) is 67.3 Å². The van der Waals surface area contributed by atoms with Gasteiger partial charge in [0, 0.05) is 11.8 Å². The van der Waals surface area contributed by atoms with Crippen molar-refractivity contribution < 1.29 is 75.7 Å². The summed E-state index contributed by atoms with van der Waals surface area (Å²) in [6.07, 6.45) is 5.14. The molecule has 10 heteroatoms. The average molecular weight is 505 g/mol. The summed E-state index contributed by atoms with van der Waals surface area (Å²) in [5.41, 5.74) is -1.23. The summed E-state index contributed by atoms with van der Waals surface area (Å²) in [6.45, 7) is 3.46. The third-order valence-electron chi connectivity index (χ3n) is 9.21. The zero-order valence-corrected chi connectivity index (χ0v) is 22.8. The van der Waals surface area contributed by atoms with Gasteiger partial charge in [0.15, 0.2) is 11.6 Å². The minimum Gasteiger partial charge on any atom is -1.00 e. The van der Waals surface area contributed by atoms with E-state index < -0.39 is 41.4 Å². The quantitative estimate of drug-likeness (QED) is 0.290. The molecule has 4 rings (SSSR count). The first-order chi connectivity index (χ1) is 15.8. The molecule has 5 N–H and O–H groups in total. The molecule has 7 atom stereocenters. The molecule has 35 heavy (non-hydrogen) atoms. The fourth-order valence-corrected chi connectivity index (χ4v) is 7.49. The van der Waals surface area contributed by atoms with Crippen LogP contribution in [0.25, 0.3) is 0 Å². The number of fused-ring (bicyclic) bond motifs is 5. The van der Waals surface area contributed by atoms with Crippen molar-refractivity contribution in [2.24, 2.45) is 28.6 Å². The molecule has 192 valence electrons. The van der Waals surface area contributed by atoms with Gasteiger partial charge in [0.1, 0.15) is 12.2 Å². The number of carboxylic acid groups (broad SMARTS) is 2. The maximum Gasteiger partial charge on any atom is 1.00 e. The van der Waals surface area contributed by atoms with Gasteiger partial charge in [-0.3, -0.25) is 19.2 Å². The van der Waals surface area contributed by atoms with E-state index in [1.807, 2.05) is 6.92 Å². The fourth-order valence-electron chi connectivity index (χ4n) is 7.49. The van der Waals surface area contributed by atoms with Gasteiger partial charge in [0.2, 0.25) is 0 Å². The molecular formula is C25H37NaO9. The van der Waals surface area contributed by atoms with Crippen molar-refractivity contribution in [1.29, 1.82) is 0 Å². The number of ketones is 2. The zero-order chi connectivity index (χ0) is 25.5. The van der Waals surface area contributed by atoms with Crippen LogP contribution in [0.1, 0.15) is 73.1 Å². The summed E-state index contributed by atoms with van der Waals surface area (Å²) >= 11 is 0. The van der Waals surface area contributed by atoms with Gasteiger partial charge in [-0.05, 0) is 67.8 Å². The maximum atomic E-state index is 12.4. The van der Waals surface area contributed by atoms with E-state index in [1.165, 1.54) is 5.57 Å². The second-order valence-corrected chi connectivity index (χ2v) is 10.8. The van der Waals surface area contributed by atoms with Crippen LogP contribution in [0.3, 0.4) is 0 Å². The van der Waals surface area contributed by atoms with Gasteiger partial charge in [-0.1, -0.05) is 19.4 Å². The molecule has 4 aliphatic rings. The molecular weight excluding hydrogens is 467 g/mol. The minimum absolute atomic E-state index is 0. The Morgan fingerprint density at radius 1 is 1.06 bits per heavy atom. The van der Waals surface area contributed by atoms with E-state index in [0.717, 1.165) is 25.7 Å². The summed E-state index contributed by atoms with van der Waals surface area (Å²) in [5.74, 6) is -2.01. The molecule has 0 aromatic heterocycles. The molecule has 0 radical (unpaired) electrons. The van der Waals surface area contributed by atoms with Crippen molar-refractivity contribution in [2.75, 3.05) is 6.61 Å². The molecule has 3 fully saturated rings. The van der Waals surface area contributed by atoms with E-state index in [0.29, 0.717) is 19.3 Å². The number of carboxylic acids is 2. The first-order valence-corrected chi connectivity index (χ1v) is 12.0. The molecule has 0 saturated heterocycles. The summed E-state index contributed by atoms with van der Waals surface area (Å²) in [5, 5.41) is 47.5. The molecule has 0 bridgehead atoms. The van der Waals surface area contributed by atoms with Gasteiger partial charge in [-0.15, -0.1) is 0 Å². The summed E-state index contributed by atoms with van der Waals surface area (Å²) in [7, 11) is 0. The number of aliphatic hydroxyl groups excluding tert-OH is 2. The molecule has 0 aromatic rings. The van der Waals surface area contributed by atoms with Crippen LogP contribution < -0.4 is 29.6 Å². The van der Waals surface area contributed by atoms with Crippen molar-refractivity contribution in [2.45, 2.75) is 83.3 Å². The largest absolute Gasteiger partial charge is 1.00 e. The van der Waals surface area contributed by atoms with Gasteiger partial charge in [-0.25, -0.2) is 0 Å². The number of carbonyl (C=O) groups is 4. The van der Waals surface area contributed by atoms with Crippen molar-refractivity contribution in [3.8, 4) is 0 Å². The van der Waals surface area contributed by atoms with Gasteiger partial charge in [0.25, 0.3) is 0 Å². The van der Waals surface area contributed by atoms with Gasteiger partial charge in [0.05, 0.1) is 18.9 Å². The summed E-state index contributed by atoms with van der Waals surface area (Å²) < 4.78 is 0. The fraction of sp³-hybridized carbons (Fsp3) is 0.760. The molecule has 9 nitrogen and oxygen atoms in total. The third-order valence-corrected chi connectivity index (χ3v) is 9.21. The molecule has 0 spiro atoms. The Hall–Kier alpha value is -1.10. The predicted octanol–water partition coefficient (Wildman–Crippen LogP) is -1.17. The summed E-state index contributed by atoms with van der Waals surface area (Å²) in [4.78, 5) is 43.5. The number of hydrogen-bond acceptors (Lipinski definition) is 7. The minimum atomic E-state index is -1.54. The normalized spacial score (nSPS) is 39.5. The Bertz CT molecular complexity index is 894. The number of aliphatic hydroxyl groups is 3. The van der Waals surface area contributed by atoms with E-state index in [9.17, 15) is 34.5 Å². The zero-order valence-electron chi connectivity index (χ0n) is 21.8. The Kier molecular flexibility index (Phi) is 9.56. The Balaban J connectivity index is 0.000000567. The van der Waals surface area contributed by atoms with E-state index in [-0.39, 0.29) is 72.8 Å². The van der Waals surface area contributed by atoms with Crippen LogP contribution in [0, 0.1) is 28.6 Å². The van der Waals surface area contributed by atoms with Gasteiger partial charge >= 0.3 is 41.5 Å². The van der Waals surface area contributed by atoms with Crippen LogP contribution in [0.5, 0.6) is 0 Å². The number of aliphatic carboxylic acids is 2. The van der Waals surface area contributed by atoms with E-state index >= 15 is 0 Å². The first kappa shape index (κ1) is 30.1. The van der Waals surface area contributed by atoms with Crippen LogP contribution in [0.2, 0.25) is 0 Å². The smallest absolute Gasteiger partial charge is 1.00 e. The van der Waals surface area contributed by atoms with E-state index in [2.05, 4.69) is 6.92 Å². The van der Waals surface area contributed by atoms with Gasteiger partial charge < -0.3 is 27.0 Å². The number of rotatable bonds is 5. The number of allylic oxidation sites excluding steroid dienone is 1. The monoisotopic (exact) mass is 504 g/mol. The topological polar surface area (TPSA) is 169 Å². The predicted molar refractivity (Wildman–Crippen MR) is 121 cm³/mol. The molecule has 0 aromatic carbocycles. The molecule has 3 saturated carbocycles. The number of hydrogen-bond donors (Lipinski definition) is 5. The van der Waals surface area contributed by atoms with Crippen LogP contribution in [0.15, 0.2) is 11.6 Å². The Morgan fingerprint density at radius 2 is 1.66 bits per heavy atom. The Morgan fingerprint density at radius 3 is 2.20 bits per heavy atom.